The maximum absolute atomic E-state index is 12.8. The van der Waals surface area contributed by atoms with E-state index >= 15 is 0 Å². The molecule has 20 heavy (non-hydrogen) atoms. The maximum atomic E-state index is 12.8. The first kappa shape index (κ1) is 14.4. The third kappa shape index (κ3) is 2.63. The van der Waals surface area contributed by atoms with Crippen LogP contribution in [-0.2, 0) is 6.18 Å². The second-order valence-electron chi connectivity index (χ2n) is 4.05. The van der Waals surface area contributed by atoms with Crippen molar-refractivity contribution in [2.24, 2.45) is 0 Å². The number of phenolic OH excluding ortho intramolecular Hbond substituents is 1. The second-order valence-corrected chi connectivity index (χ2v) is 4.46. The summed E-state index contributed by atoms with van der Waals surface area (Å²) in [6.07, 6.45) is -4.14. The Labute approximate surface area is 117 Å². The summed E-state index contributed by atoms with van der Waals surface area (Å²) in [7, 11) is 0. The van der Waals surface area contributed by atoms with Gasteiger partial charge in [-0.1, -0.05) is 29.8 Å². The standard InChI is InChI=1S/C14H8ClF3O2/c15-11-5-4-8(6-10(11)14(16,17)18)13-9(7-19)2-1-3-12(13)20/h1-7,20H. The van der Waals surface area contributed by atoms with Crippen molar-refractivity contribution in [2.45, 2.75) is 6.18 Å². The number of aldehydes is 1. The van der Waals surface area contributed by atoms with Gasteiger partial charge in [-0.25, -0.2) is 0 Å². The van der Waals surface area contributed by atoms with Crippen LogP contribution < -0.4 is 0 Å². The minimum atomic E-state index is -4.61. The fourth-order valence-corrected chi connectivity index (χ4v) is 2.09. The molecule has 0 spiro atoms. The van der Waals surface area contributed by atoms with Gasteiger partial charge in [-0.05, 0) is 23.8 Å². The summed E-state index contributed by atoms with van der Waals surface area (Å²) < 4.78 is 38.4. The zero-order valence-corrected chi connectivity index (χ0v) is 10.7. The Morgan fingerprint density at radius 1 is 1.15 bits per heavy atom. The van der Waals surface area contributed by atoms with Crippen LogP contribution in [0.1, 0.15) is 15.9 Å². The van der Waals surface area contributed by atoms with Gasteiger partial charge < -0.3 is 5.11 Å². The molecule has 0 bridgehead atoms. The zero-order valence-electron chi connectivity index (χ0n) is 9.91. The average molecular weight is 301 g/mol. The summed E-state index contributed by atoms with van der Waals surface area (Å²) in [4.78, 5) is 10.9. The van der Waals surface area contributed by atoms with Gasteiger partial charge in [-0.3, -0.25) is 4.79 Å². The minimum absolute atomic E-state index is 0.0460. The van der Waals surface area contributed by atoms with Crippen LogP contribution in [0, 0.1) is 0 Å². The summed E-state index contributed by atoms with van der Waals surface area (Å²) in [5.74, 6) is -0.273. The molecule has 0 aliphatic heterocycles. The first-order valence-electron chi connectivity index (χ1n) is 5.49. The molecule has 0 aromatic heterocycles. The third-order valence-corrected chi connectivity index (χ3v) is 3.09. The van der Waals surface area contributed by atoms with Crippen LogP contribution in [0.5, 0.6) is 5.75 Å². The summed E-state index contributed by atoms with van der Waals surface area (Å²) >= 11 is 5.53. The van der Waals surface area contributed by atoms with Crippen LogP contribution in [0.15, 0.2) is 36.4 Å². The predicted octanol–water partition coefficient (Wildman–Crippen LogP) is 4.54. The van der Waals surface area contributed by atoms with Gasteiger partial charge in [0.05, 0.1) is 10.6 Å². The number of benzene rings is 2. The Morgan fingerprint density at radius 2 is 1.85 bits per heavy atom. The molecule has 0 aliphatic rings. The fraction of sp³-hybridized carbons (Fsp3) is 0.0714. The van der Waals surface area contributed by atoms with Crippen LogP contribution >= 0.6 is 11.6 Å². The number of rotatable bonds is 2. The van der Waals surface area contributed by atoms with Crippen molar-refractivity contribution < 1.29 is 23.1 Å². The zero-order chi connectivity index (χ0) is 14.9. The van der Waals surface area contributed by atoms with Gasteiger partial charge in [-0.2, -0.15) is 13.2 Å². The Hall–Kier alpha value is -2.01. The molecule has 2 aromatic rings. The van der Waals surface area contributed by atoms with E-state index < -0.39 is 16.8 Å². The van der Waals surface area contributed by atoms with Crippen molar-refractivity contribution in [3.05, 3.63) is 52.5 Å². The Bertz CT molecular complexity index is 666. The van der Waals surface area contributed by atoms with Gasteiger partial charge in [-0.15, -0.1) is 0 Å². The van der Waals surface area contributed by atoms with E-state index in [1.54, 1.807) is 0 Å². The highest BCUT2D eigenvalue weighted by atomic mass is 35.5. The smallest absolute Gasteiger partial charge is 0.417 e. The van der Waals surface area contributed by atoms with Gasteiger partial charge in [0.1, 0.15) is 5.75 Å². The molecule has 0 fully saturated rings. The van der Waals surface area contributed by atoms with Crippen LogP contribution in [0.2, 0.25) is 5.02 Å². The molecule has 0 unspecified atom stereocenters. The Kier molecular flexibility index (Phi) is 3.72. The van der Waals surface area contributed by atoms with Gasteiger partial charge >= 0.3 is 6.18 Å². The number of carbonyl (C=O) groups is 1. The predicted molar refractivity (Wildman–Crippen MR) is 68.9 cm³/mol. The highest BCUT2D eigenvalue weighted by Crippen LogP contribution is 2.39. The van der Waals surface area contributed by atoms with Crippen LogP contribution in [0.4, 0.5) is 13.2 Å². The van der Waals surface area contributed by atoms with Gasteiger partial charge in [0.2, 0.25) is 0 Å². The maximum Gasteiger partial charge on any atom is 0.417 e. The van der Waals surface area contributed by atoms with Crippen molar-refractivity contribution in [2.75, 3.05) is 0 Å². The molecule has 0 amide bonds. The molecular formula is C14H8ClF3O2. The lowest BCUT2D eigenvalue weighted by molar-refractivity contribution is -0.137. The number of carbonyl (C=O) groups excluding carboxylic acids is 1. The van der Waals surface area contributed by atoms with E-state index in [0.29, 0.717) is 6.29 Å². The highest BCUT2D eigenvalue weighted by Gasteiger charge is 2.33. The van der Waals surface area contributed by atoms with E-state index in [1.165, 1.54) is 24.3 Å². The molecule has 0 saturated carbocycles. The average Bonchev–Trinajstić information content (AvgIpc) is 2.38. The molecule has 6 heteroatoms. The number of hydrogen-bond acceptors (Lipinski definition) is 2. The molecule has 0 radical (unpaired) electrons. The number of aromatic hydroxyl groups is 1. The fourth-order valence-electron chi connectivity index (χ4n) is 1.87. The topological polar surface area (TPSA) is 37.3 Å². The van der Waals surface area contributed by atoms with E-state index in [1.807, 2.05) is 0 Å². The highest BCUT2D eigenvalue weighted by molar-refractivity contribution is 6.31. The molecule has 0 heterocycles. The van der Waals surface area contributed by atoms with Crippen LogP contribution in [-0.4, -0.2) is 11.4 Å². The van der Waals surface area contributed by atoms with Gasteiger partial charge in [0, 0.05) is 11.1 Å². The van der Waals surface area contributed by atoms with Gasteiger partial charge in [0.15, 0.2) is 6.29 Å². The van der Waals surface area contributed by atoms with Crippen molar-refractivity contribution in [1.82, 2.24) is 0 Å². The Balaban J connectivity index is 2.69. The lowest BCUT2D eigenvalue weighted by Crippen LogP contribution is -2.06. The molecule has 0 aliphatic carbocycles. The molecule has 2 nitrogen and oxygen atoms in total. The third-order valence-electron chi connectivity index (χ3n) is 2.76. The number of alkyl halides is 3. The largest absolute Gasteiger partial charge is 0.507 e. The first-order valence-corrected chi connectivity index (χ1v) is 5.86. The Morgan fingerprint density at radius 3 is 2.45 bits per heavy atom. The second kappa shape index (κ2) is 5.17. The van der Waals surface area contributed by atoms with E-state index in [2.05, 4.69) is 0 Å². The monoisotopic (exact) mass is 300 g/mol. The lowest BCUT2D eigenvalue weighted by atomic mass is 9.97. The lowest BCUT2D eigenvalue weighted by Gasteiger charge is -2.13. The van der Waals surface area contributed by atoms with Gasteiger partial charge in [0.25, 0.3) is 0 Å². The summed E-state index contributed by atoms with van der Waals surface area (Å²) in [6.45, 7) is 0. The minimum Gasteiger partial charge on any atom is -0.507 e. The quantitative estimate of drug-likeness (QED) is 0.827. The normalized spacial score (nSPS) is 11.4. The van der Waals surface area contributed by atoms with Crippen molar-refractivity contribution in [3.63, 3.8) is 0 Å². The molecule has 0 saturated heterocycles. The van der Waals surface area contributed by atoms with E-state index in [4.69, 9.17) is 11.6 Å². The molecule has 1 N–H and O–H groups in total. The summed E-state index contributed by atoms with van der Waals surface area (Å²) in [6, 6.07) is 7.35. The SMILES string of the molecule is O=Cc1cccc(O)c1-c1ccc(Cl)c(C(F)(F)F)c1. The number of hydrogen-bond donors (Lipinski definition) is 1. The van der Waals surface area contributed by atoms with Crippen molar-refractivity contribution in [3.8, 4) is 16.9 Å². The molecule has 2 aromatic carbocycles. The van der Waals surface area contributed by atoms with Crippen molar-refractivity contribution in [1.29, 1.82) is 0 Å². The number of halogens is 4. The molecular weight excluding hydrogens is 293 g/mol. The molecule has 104 valence electrons. The molecule has 0 atom stereocenters. The molecule has 2 rings (SSSR count). The van der Waals surface area contributed by atoms with E-state index in [9.17, 15) is 23.1 Å². The van der Waals surface area contributed by atoms with Crippen LogP contribution in [0.3, 0.4) is 0 Å². The van der Waals surface area contributed by atoms with E-state index in [-0.39, 0.29) is 22.4 Å². The summed E-state index contributed by atoms with van der Waals surface area (Å²) in [5, 5.41) is 9.33. The van der Waals surface area contributed by atoms with E-state index in [0.717, 1.165) is 12.1 Å². The first-order chi connectivity index (χ1) is 9.34. The van der Waals surface area contributed by atoms with Crippen LogP contribution in [0.25, 0.3) is 11.1 Å². The number of phenols is 1. The van der Waals surface area contributed by atoms with Crippen molar-refractivity contribution >= 4 is 17.9 Å². The summed E-state index contributed by atoms with van der Waals surface area (Å²) in [5.41, 5.74) is -0.802.